The standard InChI is InChI=1S/C24H26N2O2/c1-23(2,19-9-6-7-16-11-12-28-22(16)19)15-24(3,27)13-21-18(14-25)17-8-4-5-10-20(17)26-21/h4-10,26-27H,11-13,15H2,1-3H3. The maximum Gasteiger partial charge on any atom is 0.126 e. The lowest BCUT2D eigenvalue weighted by Gasteiger charge is -2.35. The van der Waals surface area contributed by atoms with Crippen molar-refractivity contribution in [2.75, 3.05) is 6.61 Å². The van der Waals surface area contributed by atoms with Crippen molar-refractivity contribution in [2.24, 2.45) is 0 Å². The topological polar surface area (TPSA) is 69.0 Å². The van der Waals surface area contributed by atoms with E-state index in [9.17, 15) is 10.4 Å². The molecule has 4 heteroatoms. The lowest BCUT2D eigenvalue weighted by molar-refractivity contribution is 0.0305. The Bertz CT molecular complexity index is 1070. The van der Waals surface area contributed by atoms with Crippen LogP contribution in [0.5, 0.6) is 5.75 Å². The number of nitrogens with one attached hydrogen (secondary N) is 1. The van der Waals surface area contributed by atoms with Gasteiger partial charge in [0, 0.05) is 35.0 Å². The molecule has 0 amide bonds. The number of hydrogen-bond acceptors (Lipinski definition) is 3. The molecule has 1 unspecified atom stereocenters. The fourth-order valence-electron chi connectivity index (χ4n) is 4.70. The summed E-state index contributed by atoms with van der Waals surface area (Å²) in [7, 11) is 0. The molecule has 0 bridgehead atoms. The molecule has 2 heterocycles. The van der Waals surface area contributed by atoms with Crippen LogP contribution in [0.25, 0.3) is 10.9 Å². The number of aromatic amines is 1. The van der Waals surface area contributed by atoms with Crippen molar-refractivity contribution in [3.8, 4) is 11.8 Å². The lowest BCUT2D eigenvalue weighted by Crippen LogP contribution is -2.36. The van der Waals surface area contributed by atoms with Gasteiger partial charge >= 0.3 is 0 Å². The second-order valence-electron chi connectivity index (χ2n) is 8.76. The first-order chi connectivity index (χ1) is 13.3. The van der Waals surface area contributed by atoms with Crippen LogP contribution in [0.2, 0.25) is 0 Å². The van der Waals surface area contributed by atoms with Crippen LogP contribution >= 0.6 is 0 Å². The summed E-state index contributed by atoms with van der Waals surface area (Å²) in [5, 5.41) is 21.8. The van der Waals surface area contributed by atoms with Crippen molar-refractivity contribution in [3.63, 3.8) is 0 Å². The molecule has 1 aliphatic heterocycles. The van der Waals surface area contributed by atoms with Gasteiger partial charge in [-0.25, -0.2) is 0 Å². The molecule has 0 aliphatic carbocycles. The Balaban J connectivity index is 1.63. The van der Waals surface area contributed by atoms with Crippen LogP contribution in [0.4, 0.5) is 0 Å². The Labute approximate surface area is 165 Å². The molecule has 3 aromatic rings. The Morgan fingerprint density at radius 3 is 2.71 bits per heavy atom. The molecule has 0 saturated heterocycles. The van der Waals surface area contributed by atoms with Gasteiger partial charge in [-0.15, -0.1) is 0 Å². The number of nitrogens with zero attached hydrogens (tertiary/aromatic N) is 1. The first-order valence-electron chi connectivity index (χ1n) is 9.78. The van der Waals surface area contributed by atoms with Crippen molar-refractivity contribution in [3.05, 3.63) is 64.8 Å². The average Bonchev–Trinajstić information content (AvgIpc) is 3.23. The molecule has 0 spiro atoms. The van der Waals surface area contributed by atoms with E-state index in [-0.39, 0.29) is 5.41 Å². The van der Waals surface area contributed by atoms with E-state index in [0.717, 1.165) is 40.9 Å². The van der Waals surface area contributed by atoms with Gasteiger partial charge in [0.1, 0.15) is 11.8 Å². The van der Waals surface area contributed by atoms with Crippen molar-refractivity contribution in [1.82, 2.24) is 4.98 Å². The average molecular weight is 374 g/mol. The third kappa shape index (κ3) is 3.27. The number of ether oxygens (including phenoxy) is 1. The van der Waals surface area contributed by atoms with Gasteiger partial charge in [-0.3, -0.25) is 0 Å². The van der Waals surface area contributed by atoms with Crippen LogP contribution in [0.15, 0.2) is 42.5 Å². The van der Waals surface area contributed by atoms with Gasteiger partial charge in [0.25, 0.3) is 0 Å². The zero-order valence-corrected chi connectivity index (χ0v) is 16.7. The molecule has 0 radical (unpaired) electrons. The smallest absolute Gasteiger partial charge is 0.126 e. The molecule has 1 aliphatic rings. The van der Waals surface area contributed by atoms with Crippen molar-refractivity contribution >= 4 is 10.9 Å². The van der Waals surface area contributed by atoms with Gasteiger partial charge in [0.05, 0.1) is 17.8 Å². The Hall–Kier alpha value is -2.77. The number of benzene rings is 2. The van der Waals surface area contributed by atoms with E-state index in [1.54, 1.807) is 0 Å². The summed E-state index contributed by atoms with van der Waals surface area (Å²) in [5.41, 5.74) is 3.48. The van der Waals surface area contributed by atoms with E-state index in [4.69, 9.17) is 4.74 Å². The Kier molecular flexibility index (Phi) is 4.44. The first kappa shape index (κ1) is 18.6. The van der Waals surface area contributed by atoms with Crippen LogP contribution in [0.3, 0.4) is 0 Å². The highest BCUT2D eigenvalue weighted by molar-refractivity contribution is 5.87. The molecule has 0 saturated carbocycles. The SMILES string of the molecule is CC(O)(Cc1[nH]c2ccccc2c1C#N)CC(C)(C)c1cccc2c1OCC2. The summed E-state index contributed by atoms with van der Waals surface area (Å²) in [6, 6.07) is 16.4. The minimum atomic E-state index is -0.975. The van der Waals surface area contributed by atoms with Crippen molar-refractivity contribution < 1.29 is 9.84 Å². The molecule has 4 nitrogen and oxygen atoms in total. The molecule has 2 aromatic carbocycles. The van der Waals surface area contributed by atoms with Crippen LogP contribution in [-0.2, 0) is 18.3 Å². The zero-order chi connectivity index (χ0) is 19.9. The maximum atomic E-state index is 11.3. The predicted molar refractivity (Wildman–Crippen MR) is 111 cm³/mol. The molecule has 1 atom stereocenters. The van der Waals surface area contributed by atoms with Crippen LogP contribution in [-0.4, -0.2) is 22.3 Å². The summed E-state index contributed by atoms with van der Waals surface area (Å²) in [6.07, 6.45) is 1.89. The number of nitriles is 1. The minimum Gasteiger partial charge on any atom is -0.493 e. The van der Waals surface area contributed by atoms with Gasteiger partial charge in [0.2, 0.25) is 0 Å². The third-order valence-electron chi connectivity index (χ3n) is 5.72. The Morgan fingerprint density at radius 2 is 1.93 bits per heavy atom. The number of rotatable bonds is 5. The molecule has 2 N–H and O–H groups in total. The van der Waals surface area contributed by atoms with E-state index in [0.29, 0.717) is 18.4 Å². The quantitative estimate of drug-likeness (QED) is 0.684. The summed E-state index contributed by atoms with van der Waals surface area (Å²) in [4.78, 5) is 3.33. The predicted octanol–water partition coefficient (Wildman–Crippen LogP) is 4.64. The van der Waals surface area contributed by atoms with E-state index >= 15 is 0 Å². The van der Waals surface area contributed by atoms with Crippen LogP contribution < -0.4 is 4.74 Å². The monoisotopic (exact) mass is 374 g/mol. The number of aliphatic hydroxyl groups is 1. The van der Waals surface area contributed by atoms with Crippen LogP contribution in [0, 0.1) is 11.3 Å². The second kappa shape index (κ2) is 6.68. The first-order valence-corrected chi connectivity index (χ1v) is 9.78. The van der Waals surface area contributed by atoms with E-state index in [1.165, 1.54) is 5.56 Å². The van der Waals surface area contributed by atoms with Gasteiger partial charge in [0.15, 0.2) is 0 Å². The van der Waals surface area contributed by atoms with Crippen molar-refractivity contribution in [2.45, 2.75) is 51.0 Å². The van der Waals surface area contributed by atoms with Gasteiger partial charge in [-0.1, -0.05) is 50.2 Å². The largest absolute Gasteiger partial charge is 0.493 e. The Morgan fingerprint density at radius 1 is 1.14 bits per heavy atom. The van der Waals surface area contributed by atoms with E-state index in [1.807, 2.05) is 31.2 Å². The second-order valence-corrected chi connectivity index (χ2v) is 8.76. The summed E-state index contributed by atoms with van der Waals surface area (Å²) in [5.74, 6) is 0.978. The third-order valence-corrected chi connectivity index (χ3v) is 5.72. The molecular weight excluding hydrogens is 348 g/mol. The van der Waals surface area contributed by atoms with Crippen LogP contribution in [0.1, 0.15) is 49.6 Å². The number of aromatic nitrogens is 1. The lowest BCUT2D eigenvalue weighted by atomic mass is 9.73. The van der Waals surface area contributed by atoms with Gasteiger partial charge < -0.3 is 14.8 Å². The minimum absolute atomic E-state index is 0.266. The normalized spacial score (nSPS) is 15.7. The number of H-pyrrole nitrogens is 1. The molecule has 28 heavy (non-hydrogen) atoms. The highest BCUT2D eigenvalue weighted by Gasteiger charge is 2.36. The van der Waals surface area contributed by atoms with Crippen molar-refractivity contribution in [1.29, 1.82) is 5.26 Å². The molecule has 1 aromatic heterocycles. The summed E-state index contributed by atoms with van der Waals surface area (Å²) < 4.78 is 5.89. The maximum absolute atomic E-state index is 11.3. The molecule has 144 valence electrons. The number of fused-ring (bicyclic) bond motifs is 2. The fourth-order valence-corrected chi connectivity index (χ4v) is 4.70. The van der Waals surface area contributed by atoms with Gasteiger partial charge in [-0.05, 0) is 30.4 Å². The fraction of sp³-hybridized carbons (Fsp3) is 0.375. The highest BCUT2D eigenvalue weighted by Crippen LogP contribution is 2.42. The van der Waals surface area contributed by atoms with Gasteiger partial charge in [-0.2, -0.15) is 5.26 Å². The molecular formula is C24H26N2O2. The number of para-hydroxylation sites is 2. The number of hydrogen-bond donors (Lipinski definition) is 2. The van der Waals surface area contributed by atoms with E-state index < -0.39 is 5.60 Å². The molecule has 0 fully saturated rings. The zero-order valence-electron chi connectivity index (χ0n) is 16.7. The summed E-state index contributed by atoms with van der Waals surface area (Å²) >= 11 is 0. The molecule has 4 rings (SSSR count). The summed E-state index contributed by atoms with van der Waals surface area (Å²) in [6.45, 7) is 6.87. The highest BCUT2D eigenvalue weighted by atomic mass is 16.5. The van der Waals surface area contributed by atoms with E-state index in [2.05, 4.69) is 43.1 Å².